The number of nitrogens with zero attached hydrogens (tertiary/aromatic N) is 3. The molecule has 1 aliphatic rings. The lowest BCUT2D eigenvalue weighted by Gasteiger charge is -2.37. The van der Waals surface area contributed by atoms with E-state index in [2.05, 4.69) is 9.97 Å². The number of aromatic nitrogens is 2. The second kappa shape index (κ2) is 3.96. The zero-order valence-corrected chi connectivity index (χ0v) is 9.45. The zero-order valence-electron chi connectivity index (χ0n) is 9.45. The first-order chi connectivity index (χ1) is 7.49. The molecule has 88 valence electrons. The van der Waals surface area contributed by atoms with Crippen LogP contribution in [0.15, 0.2) is 12.4 Å². The summed E-state index contributed by atoms with van der Waals surface area (Å²) < 4.78 is 26.6. The standard InChI is InChI=1S/C11H15F2N3/c1-8-6-16(4-3-11(8,12)13)10-5-9(2)14-7-15-10/h5,7-8H,3-4,6H2,1-2H3. The highest BCUT2D eigenvalue weighted by molar-refractivity contribution is 5.39. The van der Waals surface area contributed by atoms with Gasteiger partial charge in [-0.2, -0.15) is 0 Å². The Bertz CT molecular complexity index is 381. The van der Waals surface area contributed by atoms with Gasteiger partial charge >= 0.3 is 0 Å². The third kappa shape index (κ3) is 2.13. The van der Waals surface area contributed by atoms with Crippen molar-refractivity contribution in [1.82, 2.24) is 9.97 Å². The first kappa shape index (κ1) is 11.2. The van der Waals surface area contributed by atoms with Crippen LogP contribution in [0.25, 0.3) is 0 Å². The Labute approximate surface area is 93.5 Å². The fourth-order valence-electron chi connectivity index (χ4n) is 1.91. The van der Waals surface area contributed by atoms with Crippen LogP contribution in [0, 0.1) is 12.8 Å². The van der Waals surface area contributed by atoms with Gasteiger partial charge in [0.2, 0.25) is 0 Å². The summed E-state index contributed by atoms with van der Waals surface area (Å²) in [6, 6.07) is 1.83. The van der Waals surface area contributed by atoms with Crippen LogP contribution in [-0.4, -0.2) is 29.0 Å². The first-order valence-corrected chi connectivity index (χ1v) is 5.40. The molecule has 0 N–H and O–H groups in total. The maximum atomic E-state index is 13.3. The molecule has 1 atom stereocenters. The maximum absolute atomic E-state index is 13.3. The van der Waals surface area contributed by atoms with E-state index in [1.165, 1.54) is 6.33 Å². The Morgan fingerprint density at radius 1 is 1.44 bits per heavy atom. The van der Waals surface area contributed by atoms with E-state index in [0.717, 1.165) is 11.5 Å². The zero-order chi connectivity index (χ0) is 11.8. The van der Waals surface area contributed by atoms with Crippen molar-refractivity contribution in [2.75, 3.05) is 18.0 Å². The van der Waals surface area contributed by atoms with Gasteiger partial charge in [0, 0.05) is 37.2 Å². The van der Waals surface area contributed by atoms with Gasteiger partial charge in [0.25, 0.3) is 5.92 Å². The number of hydrogen-bond acceptors (Lipinski definition) is 3. The molecule has 2 rings (SSSR count). The van der Waals surface area contributed by atoms with Crippen LogP contribution < -0.4 is 4.90 Å². The molecule has 0 saturated carbocycles. The Morgan fingerprint density at radius 2 is 2.19 bits per heavy atom. The quantitative estimate of drug-likeness (QED) is 0.737. The summed E-state index contributed by atoms with van der Waals surface area (Å²) in [5.41, 5.74) is 0.856. The van der Waals surface area contributed by atoms with E-state index >= 15 is 0 Å². The van der Waals surface area contributed by atoms with Crippen molar-refractivity contribution in [1.29, 1.82) is 0 Å². The average Bonchev–Trinajstić information content (AvgIpc) is 2.22. The van der Waals surface area contributed by atoms with Crippen molar-refractivity contribution in [2.24, 2.45) is 5.92 Å². The molecule has 1 aromatic heterocycles. The maximum Gasteiger partial charge on any atom is 0.254 e. The van der Waals surface area contributed by atoms with Crippen LogP contribution in [0.5, 0.6) is 0 Å². The van der Waals surface area contributed by atoms with E-state index in [1.54, 1.807) is 6.92 Å². The molecule has 0 aliphatic carbocycles. The molecule has 0 amide bonds. The Morgan fingerprint density at radius 3 is 2.81 bits per heavy atom. The summed E-state index contributed by atoms with van der Waals surface area (Å²) in [6.45, 7) is 4.16. The molecule has 0 radical (unpaired) electrons. The van der Waals surface area contributed by atoms with Gasteiger partial charge in [-0.3, -0.25) is 0 Å². The van der Waals surface area contributed by atoms with Crippen LogP contribution in [0.3, 0.4) is 0 Å². The van der Waals surface area contributed by atoms with Gasteiger partial charge in [-0.05, 0) is 6.92 Å². The highest BCUT2D eigenvalue weighted by Gasteiger charge is 2.41. The molecule has 16 heavy (non-hydrogen) atoms. The van der Waals surface area contributed by atoms with Crippen LogP contribution in [0.2, 0.25) is 0 Å². The van der Waals surface area contributed by atoms with Crippen molar-refractivity contribution in [3.05, 3.63) is 18.1 Å². The van der Waals surface area contributed by atoms with E-state index < -0.39 is 11.8 Å². The number of alkyl halides is 2. The summed E-state index contributed by atoms with van der Waals surface area (Å²) in [5.74, 6) is -2.43. The minimum absolute atomic E-state index is 0.1000. The average molecular weight is 227 g/mol. The normalized spacial score (nSPS) is 24.5. The number of halogens is 2. The molecule has 1 unspecified atom stereocenters. The fourth-order valence-corrected chi connectivity index (χ4v) is 1.91. The molecule has 1 saturated heterocycles. The molecule has 0 bridgehead atoms. The van der Waals surface area contributed by atoms with Gasteiger partial charge in [0.05, 0.1) is 0 Å². The van der Waals surface area contributed by atoms with E-state index in [1.807, 2.05) is 17.9 Å². The Hall–Kier alpha value is -1.26. The molecular formula is C11H15F2N3. The molecule has 1 aromatic rings. The monoisotopic (exact) mass is 227 g/mol. The number of rotatable bonds is 1. The van der Waals surface area contributed by atoms with Gasteiger partial charge in [0.15, 0.2) is 0 Å². The predicted octanol–water partition coefficient (Wildman–Crippen LogP) is 2.27. The summed E-state index contributed by atoms with van der Waals surface area (Å²) in [7, 11) is 0. The molecular weight excluding hydrogens is 212 g/mol. The highest BCUT2D eigenvalue weighted by atomic mass is 19.3. The van der Waals surface area contributed by atoms with Gasteiger partial charge in [0.1, 0.15) is 12.1 Å². The molecule has 0 spiro atoms. The largest absolute Gasteiger partial charge is 0.356 e. The van der Waals surface area contributed by atoms with Crippen LogP contribution in [0.1, 0.15) is 19.0 Å². The minimum atomic E-state index is -2.54. The first-order valence-electron chi connectivity index (χ1n) is 5.40. The Kier molecular flexibility index (Phi) is 2.78. The minimum Gasteiger partial charge on any atom is -0.356 e. The molecule has 0 aromatic carbocycles. The molecule has 3 nitrogen and oxygen atoms in total. The molecule has 1 fully saturated rings. The van der Waals surface area contributed by atoms with E-state index in [4.69, 9.17) is 0 Å². The van der Waals surface area contributed by atoms with Crippen molar-refractivity contribution in [2.45, 2.75) is 26.2 Å². The van der Waals surface area contributed by atoms with Crippen molar-refractivity contribution in [3.63, 3.8) is 0 Å². The van der Waals surface area contributed by atoms with Crippen LogP contribution in [0.4, 0.5) is 14.6 Å². The lowest BCUT2D eigenvalue weighted by molar-refractivity contribution is -0.0652. The smallest absolute Gasteiger partial charge is 0.254 e. The highest BCUT2D eigenvalue weighted by Crippen LogP contribution is 2.34. The Balaban J connectivity index is 2.14. The van der Waals surface area contributed by atoms with E-state index in [0.29, 0.717) is 13.1 Å². The molecule has 1 aliphatic heterocycles. The van der Waals surface area contributed by atoms with Gasteiger partial charge in [-0.1, -0.05) is 6.92 Å². The second-order valence-corrected chi connectivity index (χ2v) is 4.38. The second-order valence-electron chi connectivity index (χ2n) is 4.38. The van der Waals surface area contributed by atoms with Crippen LogP contribution >= 0.6 is 0 Å². The summed E-state index contributed by atoms with van der Waals surface area (Å²) in [4.78, 5) is 10.0. The van der Waals surface area contributed by atoms with E-state index in [-0.39, 0.29) is 6.42 Å². The van der Waals surface area contributed by atoms with E-state index in [9.17, 15) is 8.78 Å². The topological polar surface area (TPSA) is 29.0 Å². The van der Waals surface area contributed by atoms with Gasteiger partial charge in [-0.15, -0.1) is 0 Å². The third-order valence-electron chi connectivity index (χ3n) is 3.04. The lowest BCUT2D eigenvalue weighted by atomic mass is 9.95. The van der Waals surface area contributed by atoms with Crippen molar-refractivity contribution < 1.29 is 8.78 Å². The number of hydrogen-bond donors (Lipinski definition) is 0. The van der Waals surface area contributed by atoms with Crippen molar-refractivity contribution >= 4 is 5.82 Å². The van der Waals surface area contributed by atoms with Crippen molar-refractivity contribution in [3.8, 4) is 0 Å². The van der Waals surface area contributed by atoms with Crippen LogP contribution in [-0.2, 0) is 0 Å². The summed E-state index contributed by atoms with van der Waals surface area (Å²) in [5, 5.41) is 0. The van der Waals surface area contributed by atoms with Gasteiger partial charge < -0.3 is 4.90 Å². The number of piperidine rings is 1. The molecule has 5 heteroatoms. The third-order valence-corrected chi connectivity index (χ3v) is 3.04. The summed E-state index contributed by atoms with van der Waals surface area (Å²) in [6.07, 6.45) is 1.37. The lowest BCUT2D eigenvalue weighted by Crippen LogP contribution is -2.46. The molecule has 2 heterocycles. The SMILES string of the molecule is Cc1cc(N2CCC(F)(F)C(C)C2)ncn1. The summed E-state index contributed by atoms with van der Waals surface area (Å²) >= 11 is 0. The number of anilines is 1. The number of aryl methyl sites for hydroxylation is 1. The predicted molar refractivity (Wildman–Crippen MR) is 57.7 cm³/mol. The fraction of sp³-hybridized carbons (Fsp3) is 0.636. The van der Waals surface area contributed by atoms with Gasteiger partial charge in [-0.25, -0.2) is 18.7 Å².